The number of halogens is 1. The molecule has 1 rings (SSSR count). The first-order valence-electron chi connectivity index (χ1n) is 6.33. The van der Waals surface area contributed by atoms with Gasteiger partial charge in [0.25, 0.3) is 0 Å². The Morgan fingerprint density at radius 1 is 1.44 bits per heavy atom. The number of rotatable bonds is 6. The molecule has 1 aromatic carbocycles. The van der Waals surface area contributed by atoms with E-state index in [0.29, 0.717) is 6.04 Å². The molecule has 0 fully saturated rings. The first-order valence-corrected chi connectivity index (χ1v) is 7.12. The van der Waals surface area contributed by atoms with Crippen molar-refractivity contribution < 1.29 is 4.74 Å². The highest BCUT2D eigenvalue weighted by atomic mass is 79.9. The summed E-state index contributed by atoms with van der Waals surface area (Å²) in [6.07, 6.45) is 3.27. The number of nitrogens with one attached hydrogen (secondary N) is 1. The summed E-state index contributed by atoms with van der Waals surface area (Å²) < 4.78 is 6.35. The van der Waals surface area contributed by atoms with Crippen LogP contribution in [0.5, 0.6) is 5.75 Å². The van der Waals surface area contributed by atoms with Crippen molar-refractivity contribution in [1.29, 1.82) is 0 Å². The second-order valence-corrected chi connectivity index (χ2v) is 5.43. The van der Waals surface area contributed by atoms with Gasteiger partial charge in [-0.3, -0.25) is 0 Å². The average Bonchev–Trinajstić information content (AvgIpc) is 2.36. The van der Waals surface area contributed by atoms with Crippen LogP contribution in [0.1, 0.15) is 32.8 Å². The lowest BCUT2D eigenvalue weighted by Gasteiger charge is -2.11. The van der Waals surface area contributed by atoms with Gasteiger partial charge in [0, 0.05) is 17.1 Å². The van der Waals surface area contributed by atoms with Crippen LogP contribution in [0.3, 0.4) is 0 Å². The van der Waals surface area contributed by atoms with Crippen molar-refractivity contribution in [1.82, 2.24) is 5.32 Å². The topological polar surface area (TPSA) is 21.3 Å². The molecule has 100 valence electrons. The number of methoxy groups -OCH3 is 1. The molecular weight excluding hydrogens is 290 g/mol. The first-order chi connectivity index (χ1) is 8.56. The molecular formula is C15H22BrNO. The molecule has 0 aliphatic heterocycles. The summed E-state index contributed by atoms with van der Waals surface area (Å²) in [5.41, 5.74) is 2.55. The van der Waals surface area contributed by atoms with Crippen LogP contribution in [0.2, 0.25) is 0 Å². The highest BCUT2D eigenvalue weighted by molar-refractivity contribution is 9.10. The fraction of sp³-hybridized carbons (Fsp3) is 0.467. The third-order valence-electron chi connectivity index (χ3n) is 2.75. The van der Waals surface area contributed by atoms with Crippen LogP contribution in [0, 0.1) is 0 Å². The zero-order valence-electron chi connectivity index (χ0n) is 11.6. The minimum absolute atomic E-state index is 0.508. The van der Waals surface area contributed by atoms with Gasteiger partial charge in [0.15, 0.2) is 0 Å². The van der Waals surface area contributed by atoms with Crippen molar-refractivity contribution in [2.45, 2.75) is 33.2 Å². The Labute approximate surface area is 119 Å². The molecule has 0 aromatic heterocycles. The van der Waals surface area contributed by atoms with E-state index in [1.165, 1.54) is 5.57 Å². The Bertz CT molecular complexity index is 413. The Kier molecular flexibility index (Phi) is 6.44. The predicted molar refractivity (Wildman–Crippen MR) is 82.1 cm³/mol. The van der Waals surface area contributed by atoms with Crippen LogP contribution in [0.15, 0.2) is 28.2 Å². The number of benzene rings is 1. The Hall–Kier alpha value is -0.800. The largest absolute Gasteiger partial charge is 0.497 e. The summed E-state index contributed by atoms with van der Waals surface area (Å²) in [5.74, 6) is 0.886. The molecule has 3 heteroatoms. The quantitative estimate of drug-likeness (QED) is 0.848. The fourth-order valence-corrected chi connectivity index (χ4v) is 1.95. The molecule has 0 saturated carbocycles. The van der Waals surface area contributed by atoms with Gasteiger partial charge in [-0.25, -0.2) is 0 Å². The van der Waals surface area contributed by atoms with E-state index < -0.39 is 0 Å². The lowest BCUT2D eigenvalue weighted by molar-refractivity contribution is 0.414. The van der Waals surface area contributed by atoms with Crippen molar-refractivity contribution in [3.8, 4) is 5.75 Å². The van der Waals surface area contributed by atoms with Gasteiger partial charge in [-0.1, -0.05) is 48.4 Å². The van der Waals surface area contributed by atoms with E-state index in [1.807, 2.05) is 12.1 Å². The molecule has 0 heterocycles. The van der Waals surface area contributed by atoms with E-state index in [1.54, 1.807) is 7.11 Å². The van der Waals surface area contributed by atoms with Crippen molar-refractivity contribution in [2.24, 2.45) is 0 Å². The standard InChI is InChI=1S/C15H22BrNO/c1-5-12(10-17-11(2)3)8-13-9-14(18-4)6-7-15(13)16/h6-9,11,17H,5,10H2,1-4H3/b12-8-. The summed E-state index contributed by atoms with van der Waals surface area (Å²) in [6, 6.07) is 6.54. The highest BCUT2D eigenvalue weighted by Gasteiger charge is 2.02. The van der Waals surface area contributed by atoms with Crippen LogP contribution in [0.4, 0.5) is 0 Å². The molecule has 0 spiro atoms. The molecule has 0 atom stereocenters. The highest BCUT2D eigenvalue weighted by Crippen LogP contribution is 2.25. The predicted octanol–water partition coefficient (Wildman–Crippen LogP) is 4.25. The van der Waals surface area contributed by atoms with Crippen molar-refractivity contribution >= 4 is 22.0 Å². The van der Waals surface area contributed by atoms with E-state index in [-0.39, 0.29) is 0 Å². The molecule has 0 bridgehead atoms. The van der Waals surface area contributed by atoms with E-state index in [4.69, 9.17) is 4.74 Å². The number of hydrogen-bond donors (Lipinski definition) is 1. The van der Waals surface area contributed by atoms with Gasteiger partial charge in [0.05, 0.1) is 7.11 Å². The van der Waals surface area contributed by atoms with Crippen LogP contribution < -0.4 is 10.1 Å². The van der Waals surface area contributed by atoms with Crippen LogP contribution in [-0.4, -0.2) is 19.7 Å². The molecule has 1 aromatic rings. The van der Waals surface area contributed by atoms with Crippen molar-refractivity contribution in [2.75, 3.05) is 13.7 Å². The smallest absolute Gasteiger partial charge is 0.119 e. The minimum atomic E-state index is 0.508. The second kappa shape index (κ2) is 7.59. The number of ether oxygens (including phenoxy) is 1. The molecule has 2 nitrogen and oxygen atoms in total. The summed E-state index contributed by atoms with van der Waals surface area (Å²) in [6.45, 7) is 7.43. The third-order valence-corrected chi connectivity index (χ3v) is 3.48. The summed E-state index contributed by atoms with van der Waals surface area (Å²) in [4.78, 5) is 0. The van der Waals surface area contributed by atoms with Gasteiger partial charge < -0.3 is 10.1 Å². The van der Waals surface area contributed by atoms with E-state index in [2.05, 4.69) is 54.2 Å². The SMILES string of the molecule is CC/C(=C/c1cc(OC)ccc1Br)CNC(C)C. The molecule has 0 aliphatic rings. The van der Waals surface area contributed by atoms with Gasteiger partial charge in [-0.15, -0.1) is 0 Å². The van der Waals surface area contributed by atoms with E-state index in [9.17, 15) is 0 Å². The zero-order valence-corrected chi connectivity index (χ0v) is 13.2. The van der Waals surface area contributed by atoms with Crippen molar-refractivity contribution in [3.05, 3.63) is 33.8 Å². The third kappa shape index (κ3) is 4.83. The molecule has 0 aliphatic carbocycles. The van der Waals surface area contributed by atoms with E-state index in [0.717, 1.165) is 28.8 Å². The Morgan fingerprint density at radius 2 is 2.17 bits per heavy atom. The maximum atomic E-state index is 5.26. The van der Waals surface area contributed by atoms with E-state index >= 15 is 0 Å². The lowest BCUT2D eigenvalue weighted by Crippen LogP contribution is -2.24. The Morgan fingerprint density at radius 3 is 2.72 bits per heavy atom. The molecule has 18 heavy (non-hydrogen) atoms. The monoisotopic (exact) mass is 311 g/mol. The molecule has 0 unspecified atom stereocenters. The number of hydrogen-bond acceptors (Lipinski definition) is 2. The summed E-state index contributed by atoms with van der Waals surface area (Å²) in [5, 5.41) is 3.45. The normalized spacial score (nSPS) is 12.0. The summed E-state index contributed by atoms with van der Waals surface area (Å²) >= 11 is 3.58. The lowest BCUT2D eigenvalue weighted by atomic mass is 10.1. The van der Waals surface area contributed by atoms with Gasteiger partial charge in [-0.05, 0) is 30.2 Å². The second-order valence-electron chi connectivity index (χ2n) is 4.58. The summed E-state index contributed by atoms with van der Waals surface area (Å²) in [7, 11) is 1.69. The first kappa shape index (κ1) is 15.3. The van der Waals surface area contributed by atoms with Crippen LogP contribution in [0.25, 0.3) is 6.08 Å². The van der Waals surface area contributed by atoms with Crippen molar-refractivity contribution in [3.63, 3.8) is 0 Å². The molecule has 0 radical (unpaired) electrons. The van der Waals surface area contributed by atoms with Gasteiger partial charge >= 0.3 is 0 Å². The molecule has 0 saturated heterocycles. The molecule has 1 N–H and O–H groups in total. The van der Waals surface area contributed by atoms with Crippen LogP contribution in [-0.2, 0) is 0 Å². The maximum Gasteiger partial charge on any atom is 0.119 e. The Balaban J connectivity index is 2.90. The molecule has 0 amide bonds. The fourth-order valence-electron chi connectivity index (χ4n) is 1.59. The van der Waals surface area contributed by atoms with Crippen LogP contribution >= 0.6 is 15.9 Å². The zero-order chi connectivity index (χ0) is 13.5. The van der Waals surface area contributed by atoms with Gasteiger partial charge in [0.1, 0.15) is 5.75 Å². The van der Waals surface area contributed by atoms with Gasteiger partial charge in [-0.2, -0.15) is 0 Å². The maximum absolute atomic E-state index is 5.26. The minimum Gasteiger partial charge on any atom is -0.497 e. The average molecular weight is 312 g/mol. The van der Waals surface area contributed by atoms with Gasteiger partial charge in [0.2, 0.25) is 0 Å².